The second kappa shape index (κ2) is 26.0. The topological polar surface area (TPSA) is 140 Å². The number of nitrogens with one attached hydrogen (secondary N) is 2. The predicted octanol–water partition coefficient (Wildman–Crippen LogP) is 7.80. The van der Waals surface area contributed by atoms with Crippen molar-refractivity contribution in [2.45, 2.75) is 174 Å². The van der Waals surface area contributed by atoms with Gasteiger partial charge in [-0.15, -0.1) is 0 Å². The first kappa shape index (κ1) is 44.0. The SMILES string of the molecule is CCCCCCCCCCCCCCCCOC(=O)CCCSC[C@H](NC(=O)OC(C)(C)C)C(=O)N[C@@H](COC(C)(C)C)C(=O)O. The van der Waals surface area contributed by atoms with E-state index in [0.717, 1.165) is 12.8 Å². The normalized spacial score (nSPS) is 13.1. The number of hydrogen-bond acceptors (Lipinski definition) is 8. The van der Waals surface area contributed by atoms with Crippen LogP contribution in [0.5, 0.6) is 0 Å². The Hall–Kier alpha value is -2.01. The van der Waals surface area contributed by atoms with Gasteiger partial charge in [-0.25, -0.2) is 9.59 Å². The highest BCUT2D eigenvalue weighted by atomic mass is 32.2. The molecule has 0 aliphatic heterocycles. The van der Waals surface area contributed by atoms with Gasteiger partial charge < -0.3 is 30.0 Å². The van der Waals surface area contributed by atoms with E-state index in [-0.39, 0.29) is 24.7 Å². The van der Waals surface area contributed by atoms with E-state index in [1.165, 1.54) is 88.8 Å². The fourth-order valence-electron chi connectivity index (χ4n) is 4.49. The van der Waals surface area contributed by atoms with Gasteiger partial charge >= 0.3 is 18.0 Å². The van der Waals surface area contributed by atoms with Crippen molar-refractivity contribution in [3.8, 4) is 0 Å². The molecule has 3 N–H and O–H groups in total. The van der Waals surface area contributed by atoms with Gasteiger partial charge in [-0.05, 0) is 60.1 Å². The number of carboxylic acids is 1. The van der Waals surface area contributed by atoms with Gasteiger partial charge in [0.25, 0.3) is 0 Å². The summed E-state index contributed by atoms with van der Waals surface area (Å²) in [5.41, 5.74) is -1.36. The lowest BCUT2D eigenvalue weighted by atomic mass is 10.0. The smallest absolute Gasteiger partial charge is 0.408 e. The van der Waals surface area contributed by atoms with E-state index in [9.17, 15) is 24.3 Å². The van der Waals surface area contributed by atoms with E-state index < -0.39 is 41.3 Å². The maximum Gasteiger partial charge on any atom is 0.408 e. The summed E-state index contributed by atoms with van der Waals surface area (Å²) in [6, 6.07) is -2.32. The first-order chi connectivity index (χ1) is 21.6. The molecule has 0 spiro atoms. The minimum atomic E-state index is -1.28. The molecule has 270 valence electrons. The molecule has 0 unspecified atom stereocenters. The zero-order valence-electron chi connectivity index (χ0n) is 30.0. The molecule has 0 bridgehead atoms. The first-order valence-corrected chi connectivity index (χ1v) is 18.7. The highest BCUT2D eigenvalue weighted by molar-refractivity contribution is 7.99. The number of alkyl carbamates (subject to hydrolysis) is 1. The molecule has 0 saturated carbocycles. The predicted molar refractivity (Wildman–Crippen MR) is 186 cm³/mol. The number of thioether (sulfide) groups is 1. The lowest BCUT2D eigenvalue weighted by molar-refractivity contribution is -0.145. The van der Waals surface area contributed by atoms with Crippen molar-refractivity contribution in [2.75, 3.05) is 24.7 Å². The Bertz CT molecular complexity index is 841. The number of aliphatic carboxylic acids is 1. The third-order valence-electron chi connectivity index (χ3n) is 7.02. The number of ether oxygens (including phenoxy) is 3. The van der Waals surface area contributed by atoms with E-state index in [2.05, 4.69) is 17.6 Å². The van der Waals surface area contributed by atoms with Crippen molar-refractivity contribution in [1.29, 1.82) is 0 Å². The van der Waals surface area contributed by atoms with Gasteiger partial charge in [0.05, 0.1) is 18.8 Å². The zero-order valence-corrected chi connectivity index (χ0v) is 30.8. The largest absolute Gasteiger partial charge is 0.480 e. The van der Waals surface area contributed by atoms with Crippen molar-refractivity contribution in [3.63, 3.8) is 0 Å². The van der Waals surface area contributed by atoms with Crippen LogP contribution in [0.25, 0.3) is 0 Å². The second-order valence-corrected chi connectivity index (χ2v) is 15.2. The van der Waals surface area contributed by atoms with Gasteiger partial charge in [0.1, 0.15) is 11.6 Å². The monoisotopic (exact) mass is 674 g/mol. The van der Waals surface area contributed by atoms with Crippen molar-refractivity contribution < 1.29 is 38.5 Å². The fourth-order valence-corrected chi connectivity index (χ4v) is 5.47. The lowest BCUT2D eigenvalue weighted by Gasteiger charge is -2.26. The minimum Gasteiger partial charge on any atom is -0.480 e. The number of esters is 1. The molecule has 0 aliphatic carbocycles. The van der Waals surface area contributed by atoms with E-state index in [1.807, 2.05) is 0 Å². The van der Waals surface area contributed by atoms with E-state index >= 15 is 0 Å². The molecular weight excluding hydrogens is 608 g/mol. The number of carbonyl (C=O) groups excluding carboxylic acids is 3. The first-order valence-electron chi connectivity index (χ1n) is 17.5. The van der Waals surface area contributed by atoms with Gasteiger partial charge in [-0.3, -0.25) is 9.59 Å². The highest BCUT2D eigenvalue weighted by Gasteiger charge is 2.29. The van der Waals surface area contributed by atoms with Crippen molar-refractivity contribution in [2.24, 2.45) is 0 Å². The van der Waals surface area contributed by atoms with Crippen LogP contribution in [0.2, 0.25) is 0 Å². The van der Waals surface area contributed by atoms with Crippen LogP contribution in [0, 0.1) is 0 Å². The number of hydrogen-bond donors (Lipinski definition) is 3. The maximum atomic E-state index is 13.0. The summed E-state index contributed by atoms with van der Waals surface area (Å²) in [5.74, 6) is -1.40. The second-order valence-electron chi connectivity index (χ2n) is 14.0. The molecular formula is C35H66N2O8S. The molecule has 0 rings (SSSR count). The minimum absolute atomic E-state index is 0.172. The van der Waals surface area contributed by atoms with Crippen LogP contribution in [0.4, 0.5) is 4.79 Å². The number of unbranched alkanes of at least 4 members (excludes halogenated alkanes) is 13. The maximum absolute atomic E-state index is 13.0. The molecule has 2 amide bonds. The number of amides is 2. The van der Waals surface area contributed by atoms with Crippen LogP contribution in [0.15, 0.2) is 0 Å². The Balaban J connectivity index is 4.28. The van der Waals surface area contributed by atoms with Gasteiger partial charge in [-0.1, -0.05) is 90.4 Å². The third kappa shape index (κ3) is 28.2. The summed E-state index contributed by atoms with van der Waals surface area (Å²) >= 11 is 1.38. The van der Waals surface area contributed by atoms with E-state index in [0.29, 0.717) is 18.8 Å². The van der Waals surface area contributed by atoms with Crippen LogP contribution in [0.3, 0.4) is 0 Å². The Morgan fingerprint density at radius 1 is 0.696 bits per heavy atom. The highest BCUT2D eigenvalue weighted by Crippen LogP contribution is 2.14. The summed E-state index contributed by atoms with van der Waals surface area (Å²) < 4.78 is 16.2. The summed E-state index contributed by atoms with van der Waals surface area (Å²) in [6.07, 6.45) is 17.9. The van der Waals surface area contributed by atoms with E-state index in [1.54, 1.807) is 41.5 Å². The Kier molecular flexibility index (Phi) is 24.9. The molecule has 46 heavy (non-hydrogen) atoms. The van der Waals surface area contributed by atoms with Gasteiger partial charge in [0.2, 0.25) is 5.91 Å². The molecule has 11 heteroatoms. The number of rotatable bonds is 27. The Morgan fingerprint density at radius 3 is 1.70 bits per heavy atom. The Morgan fingerprint density at radius 2 is 1.22 bits per heavy atom. The van der Waals surface area contributed by atoms with Gasteiger partial charge in [0, 0.05) is 12.2 Å². The Labute approximate surface area is 283 Å². The quantitative estimate of drug-likeness (QED) is 0.0588. The molecule has 10 nitrogen and oxygen atoms in total. The van der Waals surface area contributed by atoms with Gasteiger partial charge in [0.15, 0.2) is 6.04 Å². The van der Waals surface area contributed by atoms with Crippen LogP contribution in [-0.2, 0) is 28.6 Å². The lowest BCUT2D eigenvalue weighted by Crippen LogP contribution is -2.54. The molecule has 0 saturated heterocycles. The summed E-state index contributed by atoms with van der Waals surface area (Å²) in [5, 5.41) is 14.6. The van der Waals surface area contributed by atoms with Gasteiger partial charge in [-0.2, -0.15) is 11.8 Å². The van der Waals surface area contributed by atoms with Crippen LogP contribution < -0.4 is 10.6 Å². The molecule has 2 atom stereocenters. The summed E-state index contributed by atoms with van der Waals surface area (Å²) in [6.45, 7) is 12.9. The van der Waals surface area contributed by atoms with Crippen molar-refractivity contribution in [1.82, 2.24) is 10.6 Å². The summed E-state index contributed by atoms with van der Waals surface area (Å²) in [7, 11) is 0. The molecule has 0 aromatic carbocycles. The standard InChI is InChI=1S/C35H66N2O8S/c1-8-9-10-11-12-13-14-15-16-17-18-19-20-21-24-43-30(38)23-22-25-46-27-29(37-33(42)45-35(5,6)7)31(39)36-28(32(40)41)26-44-34(2,3)4/h28-29H,8-27H2,1-7H3,(H,36,39)(H,37,42)(H,40,41)/t28-,29-/m0/s1. The average Bonchev–Trinajstić information content (AvgIpc) is 2.94. The average molecular weight is 675 g/mol. The van der Waals surface area contributed by atoms with Crippen LogP contribution in [-0.4, -0.2) is 77.1 Å². The van der Waals surface area contributed by atoms with Crippen LogP contribution in [0.1, 0.15) is 151 Å². The molecule has 0 aromatic rings. The zero-order chi connectivity index (χ0) is 34.8. The third-order valence-corrected chi connectivity index (χ3v) is 8.17. The molecule has 0 aromatic heterocycles. The number of carboxylic acid groups (broad SMARTS) is 1. The van der Waals surface area contributed by atoms with Crippen molar-refractivity contribution >= 4 is 35.7 Å². The van der Waals surface area contributed by atoms with E-state index in [4.69, 9.17) is 14.2 Å². The molecule has 0 radical (unpaired) electrons. The van der Waals surface area contributed by atoms with Crippen molar-refractivity contribution in [3.05, 3.63) is 0 Å². The fraction of sp³-hybridized carbons (Fsp3) is 0.886. The summed E-state index contributed by atoms with van der Waals surface area (Å²) in [4.78, 5) is 49.2. The van der Waals surface area contributed by atoms with Crippen LogP contribution >= 0.6 is 11.8 Å². The molecule has 0 heterocycles. The molecule has 0 aliphatic rings. The molecule has 0 fully saturated rings. The number of carbonyl (C=O) groups is 4.